The molecule has 4 N–H and O–H groups in total. The van der Waals surface area contributed by atoms with Gasteiger partial charge in [0.05, 0.1) is 5.54 Å². The van der Waals surface area contributed by atoms with Crippen molar-refractivity contribution in [2.45, 2.75) is 58.1 Å². The second kappa shape index (κ2) is 5.44. The molecule has 2 unspecified atom stereocenters. The van der Waals surface area contributed by atoms with Gasteiger partial charge in [-0.15, -0.1) is 0 Å². The highest BCUT2D eigenvalue weighted by molar-refractivity contribution is 5.84. The summed E-state index contributed by atoms with van der Waals surface area (Å²) < 4.78 is 6.11. The first-order valence-electron chi connectivity index (χ1n) is 7.15. The lowest BCUT2D eigenvalue weighted by atomic mass is 9.80. The Bertz CT molecular complexity index is 527. The topological polar surface area (TPSA) is 78.3 Å². The zero-order chi connectivity index (χ0) is 14.9. The standard InChI is InChI=1S/C16H24N2O2/c1-10-7-11(2)12(3)14(8-10)20-13-5-4-6-16(18,9-13)15(17)19/h7-8,13H,4-6,9,18H2,1-3H3,(H2,17,19). The van der Waals surface area contributed by atoms with Gasteiger partial charge in [0.25, 0.3) is 0 Å². The fourth-order valence-electron chi connectivity index (χ4n) is 2.88. The van der Waals surface area contributed by atoms with Crippen LogP contribution in [0.15, 0.2) is 12.1 Å². The summed E-state index contributed by atoms with van der Waals surface area (Å²) in [5, 5.41) is 0. The molecule has 2 rings (SSSR count). The minimum absolute atomic E-state index is 0.0406. The van der Waals surface area contributed by atoms with Crippen molar-refractivity contribution in [3.63, 3.8) is 0 Å². The number of aryl methyl sites for hydroxylation is 2. The van der Waals surface area contributed by atoms with E-state index in [9.17, 15) is 4.79 Å². The van der Waals surface area contributed by atoms with Gasteiger partial charge in [0.1, 0.15) is 11.9 Å². The lowest BCUT2D eigenvalue weighted by Crippen LogP contribution is -2.56. The normalized spacial score (nSPS) is 26.3. The molecule has 0 radical (unpaired) electrons. The molecule has 0 spiro atoms. The molecule has 1 saturated carbocycles. The summed E-state index contributed by atoms with van der Waals surface area (Å²) in [5.41, 5.74) is 14.1. The summed E-state index contributed by atoms with van der Waals surface area (Å²) in [6.07, 6.45) is 2.89. The van der Waals surface area contributed by atoms with E-state index in [0.717, 1.165) is 24.2 Å². The Morgan fingerprint density at radius 3 is 2.70 bits per heavy atom. The quantitative estimate of drug-likeness (QED) is 0.887. The zero-order valence-electron chi connectivity index (χ0n) is 12.5. The Kier molecular flexibility index (Phi) is 4.04. The van der Waals surface area contributed by atoms with Crippen molar-refractivity contribution in [1.29, 1.82) is 0 Å². The third-order valence-corrected chi connectivity index (χ3v) is 4.29. The fraction of sp³-hybridized carbons (Fsp3) is 0.562. The van der Waals surface area contributed by atoms with Gasteiger partial charge >= 0.3 is 0 Å². The molecule has 1 aromatic rings. The van der Waals surface area contributed by atoms with Crippen LogP contribution in [0.1, 0.15) is 42.4 Å². The predicted molar refractivity (Wildman–Crippen MR) is 79.6 cm³/mol. The lowest BCUT2D eigenvalue weighted by Gasteiger charge is -2.35. The van der Waals surface area contributed by atoms with Crippen LogP contribution >= 0.6 is 0 Å². The summed E-state index contributed by atoms with van der Waals surface area (Å²) in [4.78, 5) is 11.5. The number of primary amides is 1. The number of hydrogen-bond acceptors (Lipinski definition) is 3. The van der Waals surface area contributed by atoms with E-state index in [2.05, 4.69) is 26.8 Å². The van der Waals surface area contributed by atoms with E-state index in [-0.39, 0.29) is 6.10 Å². The molecule has 0 aromatic heterocycles. The number of carbonyl (C=O) groups excluding carboxylic acids is 1. The monoisotopic (exact) mass is 276 g/mol. The number of amides is 1. The number of hydrogen-bond donors (Lipinski definition) is 2. The van der Waals surface area contributed by atoms with Gasteiger partial charge in [-0.1, -0.05) is 6.07 Å². The third kappa shape index (κ3) is 2.96. The highest BCUT2D eigenvalue weighted by Gasteiger charge is 2.38. The molecule has 1 aliphatic rings. The van der Waals surface area contributed by atoms with Crippen LogP contribution in [-0.4, -0.2) is 17.6 Å². The minimum Gasteiger partial charge on any atom is -0.490 e. The minimum atomic E-state index is -0.921. The molecular weight excluding hydrogens is 252 g/mol. The van der Waals surface area contributed by atoms with Gasteiger partial charge in [-0.05, 0) is 62.8 Å². The van der Waals surface area contributed by atoms with Crippen LogP contribution in [0.2, 0.25) is 0 Å². The Balaban J connectivity index is 2.16. The average molecular weight is 276 g/mol. The van der Waals surface area contributed by atoms with Crippen molar-refractivity contribution in [2.24, 2.45) is 11.5 Å². The van der Waals surface area contributed by atoms with Gasteiger partial charge in [-0.25, -0.2) is 0 Å². The summed E-state index contributed by atoms with van der Waals surface area (Å²) in [5.74, 6) is 0.462. The first-order chi connectivity index (χ1) is 9.32. The SMILES string of the molecule is Cc1cc(C)c(C)c(OC2CCCC(N)(C(N)=O)C2)c1. The van der Waals surface area contributed by atoms with Crippen LogP contribution in [0.5, 0.6) is 5.75 Å². The van der Waals surface area contributed by atoms with Crippen molar-refractivity contribution in [1.82, 2.24) is 0 Å². The maximum absolute atomic E-state index is 11.5. The average Bonchev–Trinajstić information content (AvgIpc) is 2.35. The maximum Gasteiger partial charge on any atom is 0.237 e. The molecule has 2 atom stereocenters. The van der Waals surface area contributed by atoms with Crippen molar-refractivity contribution < 1.29 is 9.53 Å². The Hall–Kier alpha value is -1.55. The van der Waals surface area contributed by atoms with Crippen molar-refractivity contribution in [3.8, 4) is 5.75 Å². The maximum atomic E-state index is 11.5. The van der Waals surface area contributed by atoms with Crippen molar-refractivity contribution >= 4 is 5.91 Å². The van der Waals surface area contributed by atoms with E-state index in [4.69, 9.17) is 16.2 Å². The van der Waals surface area contributed by atoms with Crippen LogP contribution in [0.4, 0.5) is 0 Å². The van der Waals surface area contributed by atoms with Gasteiger partial charge in [-0.3, -0.25) is 4.79 Å². The highest BCUT2D eigenvalue weighted by atomic mass is 16.5. The summed E-state index contributed by atoms with van der Waals surface area (Å²) in [7, 11) is 0. The number of carbonyl (C=O) groups is 1. The molecule has 4 nitrogen and oxygen atoms in total. The molecule has 0 aliphatic heterocycles. The van der Waals surface area contributed by atoms with Crippen molar-refractivity contribution in [3.05, 3.63) is 28.8 Å². The zero-order valence-corrected chi connectivity index (χ0v) is 12.5. The van der Waals surface area contributed by atoms with Crippen LogP contribution in [0.25, 0.3) is 0 Å². The van der Waals surface area contributed by atoms with Gasteiger partial charge in [-0.2, -0.15) is 0 Å². The van der Waals surface area contributed by atoms with Crippen molar-refractivity contribution in [2.75, 3.05) is 0 Å². The van der Waals surface area contributed by atoms with E-state index in [1.807, 2.05) is 6.07 Å². The summed E-state index contributed by atoms with van der Waals surface area (Å²) in [6.45, 7) is 6.18. The van der Waals surface area contributed by atoms with E-state index >= 15 is 0 Å². The third-order valence-electron chi connectivity index (χ3n) is 4.29. The predicted octanol–water partition coefficient (Wildman–Crippen LogP) is 2.12. The molecule has 0 bridgehead atoms. The summed E-state index contributed by atoms with van der Waals surface area (Å²) >= 11 is 0. The Morgan fingerprint density at radius 2 is 2.05 bits per heavy atom. The second-order valence-corrected chi connectivity index (χ2v) is 6.06. The fourth-order valence-corrected chi connectivity index (χ4v) is 2.88. The van der Waals surface area contributed by atoms with Crippen LogP contribution in [0, 0.1) is 20.8 Å². The van der Waals surface area contributed by atoms with Gasteiger partial charge in [0.2, 0.25) is 5.91 Å². The molecule has 4 heteroatoms. The van der Waals surface area contributed by atoms with E-state index in [1.165, 1.54) is 11.1 Å². The van der Waals surface area contributed by atoms with Crippen LogP contribution in [0.3, 0.4) is 0 Å². The number of rotatable bonds is 3. The molecule has 1 aliphatic carbocycles. The van der Waals surface area contributed by atoms with Crippen LogP contribution < -0.4 is 16.2 Å². The van der Waals surface area contributed by atoms with E-state index in [1.54, 1.807) is 0 Å². The molecule has 1 amide bonds. The van der Waals surface area contributed by atoms with Crippen LogP contribution in [-0.2, 0) is 4.79 Å². The van der Waals surface area contributed by atoms with E-state index in [0.29, 0.717) is 12.8 Å². The van der Waals surface area contributed by atoms with E-state index < -0.39 is 11.4 Å². The largest absolute Gasteiger partial charge is 0.490 e. The molecular formula is C16H24N2O2. The highest BCUT2D eigenvalue weighted by Crippen LogP contribution is 2.31. The molecule has 0 heterocycles. The Labute approximate surface area is 120 Å². The molecule has 1 aromatic carbocycles. The smallest absolute Gasteiger partial charge is 0.237 e. The number of ether oxygens (including phenoxy) is 1. The van der Waals surface area contributed by atoms with Gasteiger partial charge in [0, 0.05) is 6.42 Å². The Morgan fingerprint density at radius 1 is 1.35 bits per heavy atom. The molecule has 1 fully saturated rings. The first kappa shape index (κ1) is 14.9. The second-order valence-electron chi connectivity index (χ2n) is 6.06. The molecule has 20 heavy (non-hydrogen) atoms. The summed E-state index contributed by atoms with van der Waals surface area (Å²) in [6, 6.07) is 4.18. The first-order valence-corrected chi connectivity index (χ1v) is 7.15. The van der Waals surface area contributed by atoms with Gasteiger partial charge in [0.15, 0.2) is 0 Å². The molecule has 0 saturated heterocycles. The number of benzene rings is 1. The number of nitrogens with two attached hydrogens (primary N) is 2. The van der Waals surface area contributed by atoms with Gasteiger partial charge < -0.3 is 16.2 Å². The lowest BCUT2D eigenvalue weighted by molar-refractivity contribution is -0.125. The molecule has 110 valence electrons.